The quantitative estimate of drug-likeness (QED) is 0.837. The van der Waals surface area contributed by atoms with E-state index in [1.807, 2.05) is 36.4 Å². The molecular formula is C16H13Cl2NO. The van der Waals surface area contributed by atoms with Gasteiger partial charge >= 0.3 is 0 Å². The maximum atomic E-state index is 11.7. The average molecular weight is 306 g/mol. The molecule has 2 aromatic rings. The number of rotatable bonds is 4. The molecule has 0 aliphatic rings. The van der Waals surface area contributed by atoms with Gasteiger partial charge in [0.1, 0.15) is 0 Å². The van der Waals surface area contributed by atoms with Crippen LogP contribution in [0.25, 0.3) is 6.08 Å². The summed E-state index contributed by atoms with van der Waals surface area (Å²) in [4.78, 5) is 11.7. The van der Waals surface area contributed by atoms with E-state index in [0.717, 1.165) is 11.1 Å². The number of nitrogens with one attached hydrogen (secondary N) is 1. The van der Waals surface area contributed by atoms with E-state index in [4.69, 9.17) is 23.2 Å². The third kappa shape index (κ3) is 4.41. The minimum atomic E-state index is -0.153. The van der Waals surface area contributed by atoms with Crippen molar-refractivity contribution in [3.05, 3.63) is 75.8 Å². The molecule has 0 atom stereocenters. The van der Waals surface area contributed by atoms with Crippen LogP contribution >= 0.6 is 23.2 Å². The Bertz CT molecular complexity index is 624. The van der Waals surface area contributed by atoms with Gasteiger partial charge in [-0.1, -0.05) is 59.6 Å². The molecule has 4 heteroatoms. The lowest BCUT2D eigenvalue weighted by atomic mass is 10.2. The second-order valence-electron chi connectivity index (χ2n) is 4.21. The first-order valence-corrected chi connectivity index (χ1v) is 6.85. The van der Waals surface area contributed by atoms with Crippen molar-refractivity contribution in [1.29, 1.82) is 0 Å². The molecule has 0 fully saturated rings. The van der Waals surface area contributed by atoms with E-state index in [-0.39, 0.29) is 5.91 Å². The van der Waals surface area contributed by atoms with Crippen LogP contribution in [0.4, 0.5) is 0 Å². The molecule has 0 radical (unpaired) electrons. The first-order valence-electron chi connectivity index (χ1n) is 6.10. The van der Waals surface area contributed by atoms with Gasteiger partial charge in [-0.15, -0.1) is 0 Å². The zero-order valence-corrected chi connectivity index (χ0v) is 12.2. The molecule has 0 heterocycles. The topological polar surface area (TPSA) is 29.1 Å². The minimum Gasteiger partial charge on any atom is -0.348 e. The average Bonchev–Trinajstić information content (AvgIpc) is 2.47. The fraction of sp³-hybridized carbons (Fsp3) is 0.0625. The molecule has 0 saturated carbocycles. The van der Waals surface area contributed by atoms with Crippen LogP contribution in [0.3, 0.4) is 0 Å². The molecule has 1 amide bonds. The van der Waals surface area contributed by atoms with Gasteiger partial charge in [0.15, 0.2) is 0 Å². The molecule has 2 nitrogen and oxygen atoms in total. The number of carbonyl (C=O) groups is 1. The van der Waals surface area contributed by atoms with E-state index >= 15 is 0 Å². The summed E-state index contributed by atoms with van der Waals surface area (Å²) in [5, 5.41) is 3.78. The van der Waals surface area contributed by atoms with Gasteiger partial charge in [-0.05, 0) is 29.3 Å². The van der Waals surface area contributed by atoms with Crippen molar-refractivity contribution in [2.24, 2.45) is 0 Å². The lowest BCUT2D eigenvalue weighted by molar-refractivity contribution is -0.116. The molecule has 2 aromatic carbocycles. The molecule has 0 spiro atoms. The molecule has 2 rings (SSSR count). The molecule has 20 heavy (non-hydrogen) atoms. The fourth-order valence-electron chi connectivity index (χ4n) is 1.63. The van der Waals surface area contributed by atoms with Gasteiger partial charge in [0.2, 0.25) is 5.91 Å². The molecule has 1 N–H and O–H groups in total. The predicted molar refractivity (Wildman–Crippen MR) is 83.8 cm³/mol. The highest BCUT2D eigenvalue weighted by molar-refractivity contribution is 6.42. The van der Waals surface area contributed by atoms with Crippen LogP contribution in [0, 0.1) is 0 Å². The summed E-state index contributed by atoms with van der Waals surface area (Å²) in [6.45, 7) is 0.412. The van der Waals surface area contributed by atoms with Crippen molar-refractivity contribution >= 4 is 35.2 Å². The summed E-state index contributed by atoms with van der Waals surface area (Å²) in [5.74, 6) is -0.153. The summed E-state index contributed by atoms with van der Waals surface area (Å²) in [7, 11) is 0. The highest BCUT2D eigenvalue weighted by Crippen LogP contribution is 2.22. The van der Waals surface area contributed by atoms with Gasteiger partial charge in [-0.25, -0.2) is 0 Å². The van der Waals surface area contributed by atoms with E-state index in [1.165, 1.54) is 6.08 Å². The Balaban J connectivity index is 1.89. The van der Waals surface area contributed by atoms with E-state index in [2.05, 4.69) is 5.32 Å². The third-order valence-corrected chi connectivity index (χ3v) is 3.42. The number of amides is 1. The van der Waals surface area contributed by atoms with Crippen molar-refractivity contribution in [3.8, 4) is 0 Å². The Hall–Kier alpha value is -1.77. The first kappa shape index (κ1) is 14.6. The number of halogens is 2. The maximum absolute atomic E-state index is 11.7. The molecule has 0 aliphatic heterocycles. The van der Waals surface area contributed by atoms with Gasteiger partial charge in [-0.3, -0.25) is 4.79 Å². The van der Waals surface area contributed by atoms with Crippen LogP contribution in [0.2, 0.25) is 10.0 Å². The number of hydrogen-bond acceptors (Lipinski definition) is 1. The van der Waals surface area contributed by atoms with Crippen molar-refractivity contribution in [3.63, 3.8) is 0 Å². The van der Waals surface area contributed by atoms with Crippen molar-refractivity contribution < 1.29 is 4.79 Å². The van der Waals surface area contributed by atoms with E-state index in [9.17, 15) is 4.79 Å². The molecule has 0 saturated heterocycles. The Kier molecular flexibility index (Phi) is 5.22. The normalized spacial score (nSPS) is 10.7. The summed E-state index contributed by atoms with van der Waals surface area (Å²) in [5.41, 5.74) is 1.89. The lowest BCUT2D eigenvalue weighted by Gasteiger charge is -2.04. The van der Waals surface area contributed by atoms with Crippen LogP contribution in [-0.2, 0) is 11.3 Å². The van der Waals surface area contributed by atoms with Crippen LogP contribution in [0.15, 0.2) is 54.6 Å². The van der Waals surface area contributed by atoms with E-state index < -0.39 is 0 Å². The Morgan fingerprint density at radius 1 is 1.05 bits per heavy atom. The monoisotopic (exact) mass is 305 g/mol. The lowest BCUT2D eigenvalue weighted by Crippen LogP contribution is -2.20. The van der Waals surface area contributed by atoms with Gasteiger partial charge < -0.3 is 5.32 Å². The van der Waals surface area contributed by atoms with E-state index in [1.54, 1.807) is 18.2 Å². The van der Waals surface area contributed by atoms with Crippen LogP contribution in [0.1, 0.15) is 11.1 Å². The van der Waals surface area contributed by atoms with Crippen LogP contribution in [0.5, 0.6) is 0 Å². The van der Waals surface area contributed by atoms with E-state index in [0.29, 0.717) is 16.6 Å². The van der Waals surface area contributed by atoms with Gasteiger partial charge in [0.05, 0.1) is 10.0 Å². The second-order valence-corrected chi connectivity index (χ2v) is 5.02. The smallest absolute Gasteiger partial charge is 0.244 e. The third-order valence-electron chi connectivity index (χ3n) is 2.68. The van der Waals surface area contributed by atoms with Crippen molar-refractivity contribution in [2.45, 2.75) is 6.54 Å². The summed E-state index contributed by atoms with van der Waals surface area (Å²) in [6.07, 6.45) is 3.27. The summed E-state index contributed by atoms with van der Waals surface area (Å²) < 4.78 is 0. The standard InChI is InChI=1S/C16H13Cl2NO/c17-14-8-6-13(10-15(14)18)11-19-16(20)9-7-12-4-2-1-3-5-12/h1-10H,11H2,(H,19,20). The molecular weight excluding hydrogens is 293 g/mol. The van der Waals surface area contributed by atoms with Gasteiger partial charge in [0, 0.05) is 12.6 Å². The highest BCUT2D eigenvalue weighted by Gasteiger charge is 2.01. The molecule has 0 bridgehead atoms. The zero-order valence-electron chi connectivity index (χ0n) is 10.6. The first-order chi connectivity index (χ1) is 9.65. The number of carbonyl (C=O) groups excluding carboxylic acids is 1. The van der Waals surface area contributed by atoms with Crippen LogP contribution < -0.4 is 5.32 Å². The minimum absolute atomic E-state index is 0.153. The van der Waals surface area contributed by atoms with Crippen molar-refractivity contribution in [2.75, 3.05) is 0 Å². The molecule has 0 aliphatic carbocycles. The molecule has 0 unspecified atom stereocenters. The van der Waals surface area contributed by atoms with Crippen molar-refractivity contribution in [1.82, 2.24) is 5.32 Å². The molecule has 102 valence electrons. The predicted octanol–water partition coefficient (Wildman–Crippen LogP) is 4.32. The fourth-order valence-corrected chi connectivity index (χ4v) is 1.95. The summed E-state index contributed by atoms with van der Waals surface area (Å²) in [6, 6.07) is 14.9. The largest absolute Gasteiger partial charge is 0.348 e. The van der Waals surface area contributed by atoms with Gasteiger partial charge in [-0.2, -0.15) is 0 Å². The Morgan fingerprint density at radius 2 is 1.80 bits per heavy atom. The molecule has 0 aromatic heterocycles. The van der Waals surface area contributed by atoms with Gasteiger partial charge in [0.25, 0.3) is 0 Å². The number of benzene rings is 2. The second kappa shape index (κ2) is 7.13. The highest BCUT2D eigenvalue weighted by atomic mass is 35.5. The zero-order chi connectivity index (χ0) is 14.4. The number of hydrogen-bond donors (Lipinski definition) is 1. The maximum Gasteiger partial charge on any atom is 0.244 e. The Morgan fingerprint density at radius 3 is 2.50 bits per heavy atom. The van der Waals surface area contributed by atoms with Crippen LogP contribution in [-0.4, -0.2) is 5.91 Å². The SMILES string of the molecule is O=C(C=Cc1ccccc1)NCc1ccc(Cl)c(Cl)c1. The Labute approximate surface area is 128 Å². The summed E-state index contributed by atoms with van der Waals surface area (Å²) >= 11 is 11.7.